The lowest BCUT2D eigenvalue weighted by atomic mass is 10.1. The summed E-state index contributed by atoms with van der Waals surface area (Å²) in [5.74, 6) is -0.554. The summed E-state index contributed by atoms with van der Waals surface area (Å²) in [7, 11) is -6.73. The van der Waals surface area contributed by atoms with Crippen molar-refractivity contribution in [3.8, 4) is 0 Å². The second kappa shape index (κ2) is 7.51. The van der Waals surface area contributed by atoms with Crippen LogP contribution in [0.2, 0.25) is 0 Å². The average molecular weight is 452 g/mol. The van der Waals surface area contributed by atoms with Crippen molar-refractivity contribution in [2.45, 2.75) is 37.5 Å². The minimum atomic E-state index is -4.03. The molecule has 160 valence electrons. The Labute approximate surface area is 175 Å². The lowest BCUT2D eigenvalue weighted by Gasteiger charge is -2.23. The standard InChI is InChI=1S/C20H22FN3O4S2/c1-13-10-14(2)20(30(27,28)24-16(4)11-15(3)22-24)12-19(13)23(5)29(25,26)18-8-6-17(21)7-9-18/h6-12H,1-5H3. The van der Waals surface area contributed by atoms with E-state index in [1.54, 1.807) is 39.8 Å². The summed E-state index contributed by atoms with van der Waals surface area (Å²) in [5, 5.41) is 4.06. The fourth-order valence-electron chi connectivity index (χ4n) is 3.28. The van der Waals surface area contributed by atoms with Crippen LogP contribution >= 0.6 is 0 Å². The van der Waals surface area contributed by atoms with E-state index in [0.717, 1.165) is 32.7 Å². The zero-order valence-electron chi connectivity index (χ0n) is 17.2. The Hall–Kier alpha value is -2.72. The molecule has 10 heteroatoms. The monoisotopic (exact) mass is 451 g/mol. The SMILES string of the molecule is Cc1cc(C)n(S(=O)(=O)c2cc(N(C)S(=O)(=O)c3ccc(F)cc3)c(C)cc2C)n1. The summed E-state index contributed by atoms with van der Waals surface area (Å²) in [6.45, 7) is 6.66. The second-order valence-corrected chi connectivity index (χ2v) is 10.8. The van der Waals surface area contributed by atoms with E-state index in [9.17, 15) is 21.2 Å². The van der Waals surface area contributed by atoms with Gasteiger partial charge in [-0.3, -0.25) is 4.31 Å². The van der Waals surface area contributed by atoms with Crippen molar-refractivity contribution >= 4 is 25.7 Å². The third kappa shape index (κ3) is 3.72. The van der Waals surface area contributed by atoms with Gasteiger partial charge in [-0.2, -0.15) is 17.6 Å². The molecule has 0 atom stereocenters. The lowest BCUT2D eigenvalue weighted by Crippen LogP contribution is -2.28. The van der Waals surface area contributed by atoms with Crippen LogP contribution in [0.25, 0.3) is 0 Å². The van der Waals surface area contributed by atoms with Gasteiger partial charge in [0, 0.05) is 7.05 Å². The molecule has 0 unspecified atom stereocenters. The molecule has 1 aromatic heterocycles. The zero-order valence-corrected chi connectivity index (χ0v) is 18.8. The van der Waals surface area contributed by atoms with Gasteiger partial charge < -0.3 is 0 Å². The Bertz CT molecular complexity index is 1330. The molecular formula is C20H22FN3O4S2. The molecule has 2 aromatic carbocycles. The first-order valence-corrected chi connectivity index (χ1v) is 11.9. The van der Waals surface area contributed by atoms with Gasteiger partial charge in [0.2, 0.25) is 0 Å². The van der Waals surface area contributed by atoms with Crippen molar-refractivity contribution in [2.24, 2.45) is 0 Å². The van der Waals surface area contributed by atoms with Crippen LogP contribution in [0.4, 0.5) is 10.1 Å². The van der Waals surface area contributed by atoms with Gasteiger partial charge in [0.05, 0.1) is 26.9 Å². The van der Waals surface area contributed by atoms with E-state index in [1.165, 1.54) is 13.1 Å². The first-order chi connectivity index (χ1) is 13.9. The molecule has 0 bridgehead atoms. The van der Waals surface area contributed by atoms with Crippen LogP contribution in [0.5, 0.6) is 0 Å². The maximum Gasteiger partial charge on any atom is 0.283 e. The summed E-state index contributed by atoms with van der Waals surface area (Å²) < 4.78 is 67.6. The molecule has 0 amide bonds. The summed E-state index contributed by atoms with van der Waals surface area (Å²) in [6.07, 6.45) is 0. The van der Waals surface area contributed by atoms with Gasteiger partial charge >= 0.3 is 0 Å². The molecule has 0 aliphatic rings. The molecule has 7 nitrogen and oxygen atoms in total. The minimum absolute atomic E-state index is 0.0459. The number of nitrogens with zero attached hydrogens (tertiary/aromatic N) is 3. The highest BCUT2D eigenvalue weighted by Gasteiger charge is 2.28. The molecule has 0 fully saturated rings. The van der Waals surface area contributed by atoms with Crippen LogP contribution < -0.4 is 4.31 Å². The highest BCUT2D eigenvalue weighted by atomic mass is 32.2. The fraction of sp³-hybridized carbons (Fsp3) is 0.250. The number of sulfonamides is 1. The normalized spacial score (nSPS) is 12.2. The molecule has 0 spiro atoms. The van der Waals surface area contributed by atoms with E-state index in [4.69, 9.17) is 0 Å². The number of aryl methyl sites for hydroxylation is 4. The van der Waals surface area contributed by atoms with Crippen LogP contribution in [0, 0.1) is 33.5 Å². The Balaban J connectivity index is 2.16. The van der Waals surface area contributed by atoms with Gasteiger partial charge in [-0.15, -0.1) is 0 Å². The molecule has 0 saturated carbocycles. The molecule has 0 aliphatic carbocycles. The summed E-state index contributed by atoms with van der Waals surface area (Å²) in [4.78, 5) is -0.148. The van der Waals surface area contributed by atoms with Gasteiger partial charge in [-0.1, -0.05) is 6.07 Å². The molecular weight excluding hydrogens is 429 g/mol. The quantitative estimate of drug-likeness (QED) is 0.594. The Morgan fingerprint density at radius 1 is 0.900 bits per heavy atom. The van der Waals surface area contributed by atoms with Gasteiger partial charge in [0.1, 0.15) is 5.82 Å². The van der Waals surface area contributed by atoms with E-state index in [-0.39, 0.29) is 15.5 Å². The van der Waals surface area contributed by atoms with Gasteiger partial charge in [-0.25, -0.2) is 12.8 Å². The third-order valence-electron chi connectivity index (χ3n) is 4.78. The van der Waals surface area contributed by atoms with E-state index < -0.39 is 25.9 Å². The molecule has 0 aliphatic heterocycles. The number of anilines is 1. The predicted octanol–water partition coefficient (Wildman–Crippen LogP) is 3.32. The van der Waals surface area contributed by atoms with Gasteiger partial charge in [0.25, 0.3) is 20.0 Å². The van der Waals surface area contributed by atoms with Gasteiger partial charge in [-0.05, 0) is 75.2 Å². The minimum Gasteiger partial charge on any atom is -0.269 e. The number of halogens is 1. The Morgan fingerprint density at radius 3 is 2.03 bits per heavy atom. The lowest BCUT2D eigenvalue weighted by molar-refractivity contribution is 0.576. The number of rotatable bonds is 5. The molecule has 0 radical (unpaired) electrons. The number of aromatic nitrogens is 2. The molecule has 3 rings (SSSR count). The number of hydrogen-bond acceptors (Lipinski definition) is 5. The molecule has 0 saturated heterocycles. The van der Waals surface area contributed by atoms with Crippen LogP contribution in [-0.4, -0.2) is 33.1 Å². The summed E-state index contributed by atoms with van der Waals surface area (Å²) in [6, 6.07) is 9.04. The van der Waals surface area contributed by atoms with Gasteiger partial charge in [0.15, 0.2) is 0 Å². The average Bonchev–Trinajstić information content (AvgIpc) is 3.00. The van der Waals surface area contributed by atoms with E-state index in [1.807, 2.05) is 0 Å². The fourth-order valence-corrected chi connectivity index (χ4v) is 6.11. The number of benzene rings is 2. The maximum atomic E-state index is 13.2. The van der Waals surface area contributed by atoms with Crippen molar-refractivity contribution in [2.75, 3.05) is 11.4 Å². The van der Waals surface area contributed by atoms with Crippen molar-refractivity contribution in [3.63, 3.8) is 0 Å². The van der Waals surface area contributed by atoms with Crippen molar-refractivity contribution in [1.82, 2.24) is 9.19 Å². The highest BCUT2D eigenvalue weighted by Crippen LogP contribution is 2.31. The Kier molecular flexibility index (Phi) is 5.50. The smallest absolute Gasteiger partial charge is 0.269 e. The first-order valence-electron chi connectivity index (χ1n) is 9.00. The maximum absolute atomic E-state index is 13.2. The second-order valence-electron chi connectivity index (χ2n) is 7.11. The third-order valence-corrected chi connectivity index (χ3v) is 8.38. The van der Waals surface area contributed by atoms with Crippen LogP contribution in [-0.2, 0) is 20.0 Å². The molecule has 3 aromatic rings. The van der Waals surface area contributed by atoms with Crippen LogP contribution in [0.15, 0.2) is 52.3 Å². The van der Waals surface area contributed by atoms with E-state index >= 15 is 0 Å². The predicted molar refractivity (Wildman–Crippen MR) is 112 cm³/mol. The van der Waals surface area contributed by atoms with E-state index in [0.29, 0.717) is 22.5 Å². The van der Waals surface area contributed by atoms with Crippen LogP contribution in [0.1, 0.15) is 22.5 Å². The van der Waals surface area contributed by atoms with Crippen molar-refractivity contribution in [1.29, 1.82) is 0 Å². The first kappa shape index (κ1) is 22.0. The largest absolute Gasteiger partial charge is 0.283 e. The topological polar surface area (TPSA) is 89.3 Å². The Morgan fingerprint density at radius 2 is 1.50 bits per heavy atom. The summed E-state index contributed by atoms with van der Waals surface area (Å²) in [5.41, 5.74) is 2.24. The molecule has 0 N–H and O–H groups in total. The van der Waals surface area contributed by atoms with Crippen molar-refractivity contribution < 1.29 is 21.2 Å². The molecule has 30 heavy (non-hydrogen) atoms. The summed E-state index contributed by atoms with van der Waals surface area (Å²) >= 11 is 0. The number of hydrogen-bond donors (Lipinski definition) is 0. The van der Waals surface area contributed by atoms with Crippen LogP contribution in [0.3, 0.4) is 0 Å². The van der Waals surface area contributed by atoms with Crippen molar-refractivity contribution in [3.05, 3.63) is 70.8 Å². The zero-order chi connectivity index (χ0) is 22.4. The van der Waals surface area contributed by atoms with E-state index in [2.05, 4.69) is 5.10 Å². The molecule has 1 heterocycles. The highest BCUT2D eigenvalue weighted by molar-refractivity contribution is 7.92.